The molecule has 0 radical (unpaired) electrons. The second-order valence-electron chi connectivity index (χ2n) is 4.64. The van der Waals surface area contributed by atoms with Gasteiger partial charge in [0.25, 0.3) is 0 Å². The van der Waals surface area contributed by atoms with Gasteiger partial charge in [0.15, 0.2) is 0 Å². The van der Waals surface area contributed by atoms with Crippen molar-refractivity contribution in [2.75, 3.05) is 7.05 Å². The number of aromatic nitrogens is 1. The second kappa shape index (κ2) is 4.79. The monoisotopic (exact) mass is 208 g/mol. The van der Waals surface area contributed by atoms with Crippen molar-refractivity contribution < 1.29 is 4.42 Å². The van der Waals surface area contributed by atoms with Gasteiger partial charge >= 0.3 is 0 Å². The Hall–Kier alpha value is -0.830. The lowest BCUT2D eigenvalue weighted by Gasteiger charge is -2.24. The van der Waals surface area contributed by atoms with Gasteiger partial charge in [-0.3, -0.25) is 0 Å². The van der Waals surface area contributed by atoms with E-state index in [0.717, 1.165) is 24.1 Å². The van der Waals surface area contributed by atoms with Gasteiger partial charge in [-0.15, -0.1) is 0 Å². The molecule has 84 valence electrons. The average molecular weight is 208 g/mol. The van der Waals surface area contributed by atoms with Gasteiger partial charge in [-0.1, -0.05) is 19.8 Å². The topological polar surface area (TPSA) is 38.1 Å². The lowest BCUT2D eigenvalue weighted by Crippen LogP contribution is -2.10. The first kappa shape index (κ1) is 10.7. The summed E-state index contributed by atoms with van der Waals surface area (Å²) in [5, 5.41) is 3.05. The van der Waals surface area contributed by atoms with Gasteiger partial charge < -0.3 is 9.73 Å². The van der Waals surface area contributed by atoms with E-state index in [4.69, 9.17) is 4.42 Å². The Morgan fingerprint density at radius 3 is 2.80 bits per heavy atom. The summed E-state index contributed by atoms with van der Waals surface area (Å²) in [4.78, 5) is 4.27. The fourth-order valence-electron chi connectivity index (χ4n) is 2.29. The maximum Gasteiger partial charge on any atom is 0.208 e. The quantitative estimate of drug-likeness (QED) is 0.830. The molecule has 1 aliphatic rings. The molecule has 0 spiro atoms. The zero-order valence-electron chi connectivity index (χ0n) is 9.62. The van der Waals surface area contributed by atoms with Crippen LogP contribution in [0.3, 0.4) is 0 Å². The third-order valence-corrected chi connectivity index (χ3v) is 3.32. The molecule has 0 aromatic carbocycles. The van der Waals surface area contributed by atoms with Crippen molar-refractivity contribution in [3.63, 3.8) is 0 Å². The summed E-state index contributed by atoms with van der Waals surface area (Å²) in [5.41, 5.74) is 0. The number of hydrogen-bond acceptors (Lipinski definition) is 3. The number of hydrogen-bond donors (Lipinski definition) is 1. The highest BCUT2D eigenvalue weighted by Gasteiger charge is 2.22. The Labute approximate surface area is 91.3 Å². The Morgan fingerprint density at radius 1 is 1.40 bits per heavy atom. The van der Waals surface area contributed by atoms with Gasteiger partial charge in [0.2, 0.25) is 5.89 Å². The van der Waals surface area contributed by atoms with Crippen LogP contribution in [-0.2, 0) is 6.54 Å². The Balaban J connectivity index is 1.96. The van der Waals surface area contributed by atoms with Crippen LogP contribution < -0.4 is 5.32 Å². The van der Waals surface area contributed by atoms with Crippen molar-refractivity contribution in [1.82, 2.24) is 10.3 Å². The molecule has 1 aromatic rings. The fourth-order valence-corrected chi connectivity index (χ4v) is 2.29. The molecule has 0 unspecified atom stereocenters. The summed E-state index contributed by atoms with van der Waals surface area (Å²) in [6.07, 6.45) is 7.08. The van der Waals surface area contributed by atoms with Gasteiger partial charge in [-0.2, -0.15) is 0 Å². The highest BCUT2D eigenvalue weighted by Crippen LogP contribution is 2.35. The third-order valence-electron chi connectivity index (χ3n) is 3.32. The molecule has 0 atom stereocenters. The molecule has 0 bridgehead atoms. The van der Waals surface area contributed by atoms with Gasteiger partial charge in [-0.05, 0) is 25.8 Å². The smallest absolute Gasteiger partial charge is 0.208 e. The van der Waals surface area contributed by atoms with E-state index in [9.17, 15) is 0 Å². The van der Waals surface area contributed by atoms with Gasteiger partial charge in [0.05, 0.1) is 12.7 Å². The van der Waals surface area contributed by atoms with Crippen LogP contribution in [0.2, 0.25) is 0 Å². The molecule has 1 fully saturated rings. The molecule has 3 nitrogen and oxygen atoms in total. The molecule has 15 heavy (non-hydrogen) atoms. The Bertz CT molecular complexity index is 300. The SMILES string of the molecule is CNCc1ncc(C2CCC(C)CC2)o1. The first-order valence-electron chi connectivity index (χ1n) is 5.88. The highest BCUT2D eigenvalue weighted by atomic mass is 16.4. The first-order valence-corrected chi connectivity index (χ1v) is 5.88. The van der Waals surface area contributed by atoms with E-state index in [-0.39, 0.29) is 0 Å². The zero-order chi connectivity index (χ0) is 10.7. The van der Waals surface area contributed by atoms with E-state index < -0.39 is 0 Å². The van der Waals surface area contributed by atoms with E-state index in [2.05, 4.69) is 17.2 Å². The van der Waals surface area contributed by atoms with Crippen LogP contribution in [0.25, 0.3) is 0 Å². The van der Waals surface area contributed by atoms with E-state index in [0.29, 0.717) is 5.92 Å². The minimum absolute atomic E-state index is 0.610. The van der Waals surface area contributed by atoms with Crippen molar-refractivity contribution in [3.8, 4) is 0 Å². The standard InChI is InChI=1S/C12H20N2O/c1-9-3-5-10(6-4-9)11-7-14-12(15-11)8-13-2/h7,9-10,13H,3-6,8H2,1-2H3. The van der Waals surface area contributed by atoms with Crippen LogP contribution in [0, 0.1) is 5.92 Å². The third kappa shape index (κ3) is 2.59. The van der Waals surface area contributed by atoms with Crippen LogP contribution in [0.1, 0.15) is 50.2 Å². The van der Waals surface area contributed by atoms with Crippen LogP contribution in [-0.4, -0.2) is 12.0 Å². The average Bonchev–Trinajstić information content (AvgIpc) is 2.68. The summed E-state index contributed by atoms with van der Waals surface area (Å²) in [5.74, 6) is 3.40. The van der Waals surface area contributed by atoms with Crippen molar-refractivity contribution in [2.45, 2.75) is 45.1 Å². The number of nitrogens with one attached hydrogen (secondary N) is 1. The largest absolute Gasteiger partial charge is 0.444 e. The fraction of sp³-hybridized carbons (Fsp3) is 0.750. The van der Waals surface area contributed by atoms with Crippen LogP contribution >= 0.6 is 0 Å². The normalized spacial score (nSPS) is 26.8. The molecule has 0 aliphatic heterocycles. The first-order chi connectivity index (χ1) is 7.29. The minimum Gasteiger partial charge on any atom is -0.444 e. The van der Waals surface area contributed by atoms with Crippen molar-refractivity contribution >= 4 is 0 Å². The van der Waals surface area contributed by atoms with Crippen LogP contribution in [0.15, 0.2) is 10.6 Å². The van der Waals surface area contributed by atoms with Crippen molar-refractivity contribution in [3.05, 3.63) is 17.8 Å². The summed E-state index contributed by atoms with van der Waals surface area (Å²) in [6, 6.07) is 0. The molecule has 1 aromatic heterocycles. The van der Waals surface area contributed by atoms with Gasteiger partial charge in [0, 0.05) is 5.92 Å². The Kier molecular flexibility index (Phi) is 3.41. The number of nitrogens with zero attached hydrogens (tertiary/aromatic N) is 1. The second-order valence-corrected chi connectivity index (χ2v) is 4.64. The molecule has 1 heterocycles. The van der Waals surface area contributed by atoms with E-state index in [1.165, 1.54) is 25.7 Å². The Morgan fingerprint density at radius 2 is 2.13 bits per heavy atom. The molecular weight excluding hydrogens is 188 g/mol. The molecule has 1 N–H and O–H groups in total. The van der Waals surface area contributed by atoms with Crippen molar-refractivity contribution in [1.29, 1.82) is 0 Å². The number of oxazole rings is 1. The zero-order valence-corrected chi connectivity index (χ0v) is 9.62. The summed E-state index contributed by atoms with van der Waals surface area (Å²) >= 11 is 0. The maximum atomic E-state index is 5.73. The predicted molar refractivity (Wildman–Crippen MR) is 59.6 cm³/mol. The molecule has 1 saturated carbocycles. The van der Waals surface area contributed by atoms with Crippen LogP contribution in [0.5, 0.6) is 0 Å². The van der Waals surface area contributed by atoms with Gasteiger partial charge in [0.1, 0.15) is 5.76 Å². The molecule has 2 rings (SSSR count). The molecule has 1 aliphatic carbocycles. The van der Waals surface area contributed by atoms with E-state index in [1.807, 2.05) is 13.2 Å². The highest BCUT2D eigenvalue weighted by molar-refractivity contribution is 5.03. The molecular formula is C12H20N2O. The molecule has 0 amide bonds. The van der Waals surface area contributed by atoms with Crippen molar-refractivity contribution in [2.24, 2.45) is 5.92 Å². The number of rotatable bonds is 3. The molecule has 0 saturated heterocycles. The van der Waals surface area contributed by atoms with E-state index >= 15 is 0 Å². The van der Waals surface area contributed by atoms with Crippen LogP contribution in [0.4, 0.5) is 0 Å². The lowest BCUT2D eigenvalue weighted by molar-refractivity contribution is 0.307. The lowest BCUT2D eigenvalue weighted by atomic mass is 9.82. The minimum atomic E-state index is 0.610. The van der Waals surface area contributed by atoms with E-state index in [1.54, 1.807) is 0 Å². The molecule has 3 heteroatoms. The summed E-state index contributed by atoms with van der Waals surface area (Å²) in [7, 11) is 1.91. The predicted octanol–water partition coefficient (Wildman–Crippen LogP) is 2.69. The van der Waals surface area contributed by atoms with Gasteiger partial charge in [-0.25, -0.2) is 4.98 Å². The maximum absolute atomic E-state index is 5.73. The summed E-state index contributed by atoms with van der Waals surface area (Å²) in [6.45, 7) is 3.06. The summed E-state index contributed by atoms with van der Waals surface area (Å²) < 4.78 is 5.73.